The molecule has 2 aromatic rings. The van der Waals surface area contributed by atoms with E-state index in [1.54, 1.807) is 45.0 Å². The van der Waals surface area contributed by atoms with Crippen molar-refractivity contribution in [2.45, 2.75) is 32.8 Å². The quantitative estimate of drug-likeness (QED) is 0.771. The number of carboxylic acid groups (broad SMARTS) is 1. The molecule has 0 saturated carbocycles. The van der Waals surface area contributed by atoms with Crippen molar-refractivity contribution < 1.29 is 24.2 Å². The Bertz CT molecular complexity index is 1000. The van der Waals surface area contributed by atoms with Gasteiger partial charge in [-0.15, -0.1) is 0 Å². The zero-order valence-electron chi connectivity index (χ0n) is 16.3. The van der Waals surface area contributed by atoms with E-state index in [4.69, 9.17) is 21.4 Å². The molecule has 2 aromatic carbocycles. The smallest absolute Gasteiger partial charge is 0.335 e. The number of benzene rings is 2. The van der Waals surface area contributed by atoms with Crippen LogP contribution in [0.5, 0.6) is 5.75 Å². The van der Waals surface area contributed by atoms with Gasteiger partial charge in [-0.3, -0.25) is 9.59 Å². The molecule has 0 unspecified atom stereocenters. The molecule has 1 aliphatic heterocycles. The van der Waals surface area contributed by atoms with Gasteiger partial charge in [-0.1, -0.05) is 17.7 Å². The number of halogens is 1. The van der Waals surface area contributed by atoms with Crippen molar-refractivity contribution in [2.75, 3.05) is 16.8 Å². The van der Waals surface area contributed by atoms with Gasteiger partial charge in [0, 0.05) is 23.7 Å². The maximum Gasteiger partial charge on any atom is 0.335 e. The van der Waals surface area contributed by atoms with Gasteiger partial charge in [-0.2, -0.15) is 0 Å². The van der Waals surface area contributed by atoms with Crippen LogP contribution in [0.4, 0.5) is 11.4 Å². The zero-order chi connectivity index (χ0) is 21.3. The normalized spacial score (nSPS) is 14.8. The van der Waals surface area contributed by atoms with Crippen LogP contribution in [0, 0.1) is 6.92 Å². The minimum absolute atomic E-state index is 0.0184. The Labute approximate surface area is 173 Å². The van der Waals surface area contributed by atoms with Crippen molar-refractivity contribution in [3.63, 3.8) is 0 Å². The monoisotopic (exact) mass is 416 g/mol. The van der Waals surface area contributed by atoms with Gasteiger partial charge in [-0.05, 0) is 56.7 Å². The second-order valence-corrected chi connectivity index (χ2v) is 7.75. The van der Waals surface area contributed by atoms with E-state index in [2.05, 4.69) is 5.32 Å². The van der Waals surface area contributed by atoms with Crippen molar-refractivity contribution in [3.8, 4) is 5.75 Å². The summed E-state index contributed by atoms with van der Waals surface area (Å²) in [6.45, 7) is 5.23. The SMILES string of the molecule is Cc1ccc(C(=O)O)cc1NC(=O)CCN1C(=O)C(C)(C)Oc2ccc(Cl)cc21. The number of ether oxygens (including phenoxy) is 1. The fraction of sp³-hybridized carbons (Fsp3) is 0.286. The van der Waals surface area contributed by atoms with Crippen LogP contribution in [0.3, 0.4) is 0 Å². The third-order valence-electron chi connectivity index (χ3n) is 4.66. The van der Waals surface area contributed by atoms with Gasteiger partial charge >= 0.3 is 5.97 Å². The maximum atomic E-state index is 12.8. The van der Waals surface area contributed by atoms with E-state index >= 15 is 0 Å². The molecule has 2 amide bonds. The molecule has 1 heterocycles. The van der Waals surface area contributed by atoms with E-state index in [0.29, 0.717) is 22.1 Å². The lowest BCUT2D eigenvalue weighted by Gasteiger charge is -2.38. The van der Waals surface area contributed by atoms with Crippen LogP contribution in [0.25, 0.3) is 0 Å². The number of hydrogen-bond acceptors (Lipinski definition) is 4. The fourth-order valence-corrected chi connectivity index (χ4v) is 3.24. The number of carbonyl (C=O) groups is 3. The van der Waals surface area contributed by atoms with Crippen LogP contribution in [-0.2, 0) is 9.59 Å². The number of carboxylic acids is 1. The topological polar surface area (TPSA) is 95.9 Å². The summed E-state index contributed by atoms with van der Waals surface area (Å²) in [7, 11) is 0. The Morgan fingerprint density at radius 1 is 1.21 bits per heavy atom. The number of aryl methyl sites for hydroxylation is 1. The Morgan fingerprint density at radius 3 is 2.62 bits per heavy atom. The van der Waals surface area contributed by atoms with E-state index in [0.717, 1.165) is 5.56 Å². The molecular formula is C21H21ClN2O5. The summed E-state index contributed by atoms with van der Waals surface area (Å²) in [5.74, 6) is -1.17. The van der Waals surface area contributed by atoms with Crippen molar-refractivity contribution in [1.82, 2.24) is 0 Å². The number of amides is 2. The molecule has 7 nitrogen and oxygen atoms in total. The molecular weight excluding hydrogens is 396 g/mol. The highest BCUT2D eigenvalue weighted by atomic mass is 35.5. The number of carbonyl (C=O) groups excluding carboxylic acids is 2. The molecule has 0 saturated heterocycles. The molecule has 0 radical (unpaired) electrons. The first-order valence-corrected chi connectivity index (χ1v) is 9.40. The van der Waals surface area contributed by atoms with Crippen molar-refractivity contribution in [2.24, 2.45) is 0 Å². The van der Waals surface area contributed by atoms with Crippen LogP contribution in [0.15, 0.2) is 36.4 Å². The molecule has 0 aliphatic carbocycles. The van der Waals surface area contributed by atoms with E-state index < -0.39 is 11.6 Å². The van der Waals surface area contributed by atoms with Crippen LogP contribution in [0.2, 0.25) is 5.02 Å². The third-order valence-corrected chi connectivity index (χ3v) is 4.89. The lowest BCUT2D eigenvalue weighted by Crippen LogP contribution is -2.53. The number of anilines is 2. The number of hydrogen-bond donors (Lipinski definition) is 2. The second-order valence-electron chi connectivity index (χ2n) is 7.31. The van der Waals surface area contributed by atoms with Gasteiger partial charge in [0.15, 0.2) is 5.60 Å². The highest BCUT2D eigenvalue weighted by Crippen LogP contribution is 2.39. The fourth-order valence-electron chi connectivity index (χ4n) is 3.08. The van der Waals surface area contributed by atoms with E-state index in [-0.39, 0.29) is 30.3 Å². The molecule has 3 rings (SSSR count). The first-order chi connectivity index (χ1) is 13.6. The third kappa shape index (κ3) is 4.35. The summed E-state index contributed by atoms with van der Waals surface area (Å²) in [5, 5.41) is 12.3. The highest BCUT2D eigenvalue weighted by molar-refractivity contribution is 6.31. The first kappa shape index (κ1) is 20.7. The second kappa shape index (κ2) is 7.75. The van der Waals surface area contributed by atoms with Crippen molar-refractivity contribution in [3.05, 3.63) is 52.5 Å². The Balaban J connectivity index is 1.76. The Hall–Kier alpha value is -3.06. The first-order valence-electron chi connectivity index (χ1n) is 9.03. The molecule has 0 fully saturated rings. The van der Waals surface area contributed by atoms with Crippen LogP contribution in [-0.4, -0.2) is 35.0 Å². The van der Waals surface area contributed by atoms with Gasteiger partial charge in [0.05, 0.1) is 11.3 Å². The van der Waals surface area contributed by atoms with Gasteiger partial charge < -0.3 is 20.1 Å². The standard InChI is InChI=1S/C21H21ClN2O5/c1-12-4-5-13(19(26)27)10-15(12)23-18(25)8-9-24-16-11-14(22)6-7-17(16)29-21(2,3)20(24)28/h4-7,10-11H,8-9H2,1-3H3,(H,23,25)(H,26,27). The van der Waals surface area contributed by atoms with Crippen LogP contribution >= 0.6 is 11.6 Å². The maximum absolute atomic E-state index is 12.8. The summed E-state index contributed by atoms with van der Waals surface area (Å²) in [4.78, 5) is 37.9. The molecule has 152 valence electrons. The number of nitrogens with one attached hydrogen (secondary N) is 1. The van der Waals surface area contributed by atoms with Gasteiger partial charge in [-0.25, -0.2) is 4.79 Å². The molecule has 8 heteroatoms. The molecule has 0 atom stereocenters. The van der Waals surface area contributed by atoms with Crippen molar-refractivity contribution >= 4 is 40.8 Å². The summed E-state index contributed by atoms with van der Waals surface area (Å²) < 4.78 is 5.76. The van der Waals surface area contributed by atoms with Gasteiger partial charge in [0.1, 0.15) is 5.75 Å². The lowest BCUT2D eigenvalue weighted by molar-refractivity contribution is -0.132. The summed E-state index contributed by atoms with van der Waals surface area (Å²) >= 11 is 6.07. The number of nitrogens with zero attached hydrogens (tertiary/aromatic N) is 1. The Kier molecular flexibility index (Phi) is 5.53. The summed E-state index contributed by atoms with van der Waals surface area (Å²) in [6.07, 6.45) is 0.0184. The van der Waals surface area contributed by atoms with E-state index in [1.165, 1.54) is 17.0 Å². The molecule has 2 N–H and O–H groups in total. The molecule has 0 bridgehead atoms. The molecule has 1 aliphatic rings. The van der Waals surface area contributed by atoms with E-state index in [1.807, 2.05) is 0 Å². The predicted octanol–water partition coefficient (Wildman–Crippen LogP) is 3.88. The lowest BCUT2D eigenvalue weighted by atomic mass is 10.0. The number of fused-ring (bicyclic) bond motifs is 1. The number of aromatic carboxylic acids is 1. The molecule has 29 heavy (non-hydrogen) atoms. The highest BCUT2D eigenvalue weighted by Gasteiger charge is 2.40. The van der Waals surface area contributed by atoms with Gasteiger partial charge in [0.25, 0.3) is 5.91 Å². The zero-order valence-corrected chi connectivity index (χ0v) is 17.0. The Morgan fingerprint density at radius 2 is 1.93 bits per heavy atom. The minimum atomic E-state index is -1.07. The van der Waals surface area contributed by atoms with E-state index in [9.17, 15) is 14.4 Å². The summed E-state index contributed by atoms with van der Waals surface area (Å²) in [6, 6.07) is 9.51. The summed E-state index contributed by atoms with van der Waals surface area (Å²) in [5.41, 5.74) is 0.693. The predicted molar refractivity (Wildman–Crippen MR) is 110 cm³/mol. The average molecular weight is 417 g/mol. The number of rotatable bonds is 5. The van der Waals surface area contributed by atoms with Gasteiger partial charge in [0.2, 0.25) is 5.91 Å². The molecule has 0 spiro atoms. The molecule has 0 aromatic heterocycles. The van der Waals surface area contributed by atoms with Crippen molar-refractivity contribution in [1.29, 1.82) is 0 Å². The average Bonchev–Trinajstić information content (AvgIpc) is 2.64. The van der Waals surface area contributed by atoms with Crippen LogP contribution < -0.4 is 15.0 Å². The largest absolute Gasteiger partial charge is 0.478 e. The minimum Gasteiger partial charge on any atom is -0.478 e. The van der Waals surface area contributed by atoms with Crippen LogP contribution in [0.1, 0.15) is 36.2 Å².